The monoisotopic (exact) mass is 504 g/mol. The van der Waals surface area contributed by atoms with Crippen LogP contribution in [0.2, 0.25) is 0 Å². The van der Waals surface area contributed by atoms with Crippen LogP contribution in [0.25, 0.3) is 0 Å². The standard InChI is InChI=1S/C26H33FN2O5S/c1-15(2)22(20-9-8-19(27)12-16(20)3)17(4)33-14-26(6,13-30)29-25(35)23-24(34-18(5)31)21(32-7)10-11-28-23/h8-13,15,17,22H,14H2,1-7H3,(H,29,35)/t17-,22+,26+/m0/s1. The Hall–Kier alpha value is -2.91. The number of nitrogens with one attached hydrogen (secondary N) is 1. The van der Waals surface area contributed by atoms with E-state index in [9.17, 15) is 14.0 Å². The largest absolute Gasteiger partial charge is 0.493 e. The summed E-state index contributed by atoms with van der Waals surface area (Å²) in [5, 5.41) is 2.99. The number of aromatic nitrogens is 1. The average molecular weight is 505 g/mol. The molecule has 190 valence electrons. The zero-order chi connectivity index (χ0) is 26.3. The highest BCUT2D eigenvalue weighted by Gasteiger charge is 2.31. The number of benzene rings is 1. The van der Waals surface area contributed by atoms with E-state index >= 15 is 0 Å². The number of methoxy groups -OCH3 is 1. The Labute approximate surface area is 211 Å². The first-order chi connectivity index (χ1) is 16.4. The number of pyridine rings is 1. The van der Waals surface area contributed by atoms with E-state index in [0.717, 1.165) is 11.1 Å². The molecule has 0 radical (unpaired) electrons. The molecule has 0 aliphatic carbocycles. The van der Waals surface area contributed by atoms with Gasteiger partial charge in [-0.25, -0.2) is 9.37 Å². The van der Waals surface area contributed by atoms with Gasteiger partial charge in [-0.3, -0.25) is 4.79 Å². The molecular formula is C26H33FN2O5S. The van der Waals surface area contributed by atoms with Crippen LogP contribution in [0.1, 0.15) is 57.4 Å². The summed E-state index contributed by atoms with van der Waals surface area (Å²) in [7, 11) is 1.43. The fourth-order valence-electron chi connectivity index (χ4n) is 3.99. The lowest BCUT2D eigenvalue weighted by Gasteiger charge is -2.33. The minimum absolute atomic E-state index is 0.00807. The van der Waals surface area contributed by atoms with Gasteiger partial charge in [-0.2, -0.15) is 0 Å². The number of carbonyl (C=O) groups excluding carboxylic acids is 2. The van der Waals surface area contributed by atoms with Crippen molar-refractivity contribution in [3.63, 3.8) is 0 Å². The molecule has 1 heterocycles. The van der Waals surface area contributed by atoms with E-state index in [4.69, 9.17) is 26.4 Å². The van der Waals surface area contributed by atoms with Crippen molar-refractivity contribution in [1.29, 1.82) is 0 Å². The summed E-state index contributed by atoms with van der Waals surface area (Å²) in [6.07, 6.45) is 1.90. The van der Waals surface area contributed by atoms with E-state index in [1.807, 2.05) is 13.8 Å². The molecule has 0 amide bonds. The second-order valence-electron chi connectivity index (χ2n) is 9.06. The summed E-state index contributed by atoms with van der Waals surface area (Å²) in [6.45, 7) is 10.9. The molecular weight excluding hydrogens is 471 g/mol. The zero-order valence-corrected chi connectivity index (χ0v) is 22.0. The molecule has 0 spiro atoms. The number of hydrogen-bond donors (Lipinski definition) is 1. The van der Waals surface area contributed by atoms with Crippen LogP contribution < -0.4 is 14.8 Å². The molecule has 3 atom stereocenters. The molecule has 2 aromatic rings. The number of ether oxygens (including phenoxy) is 3. The third-order valence-electron chi connectivity index (χ3n) is 5.67. The van der Waals surface area contributed by atoms with Crippen molar-refractivity contribution in [3.05, 3.63) is 53.1 Å². The summed E-state index contributed by atoms with van der Waals surface area (Å²) in [6, 6.07) is 6.28. The summed E-state index contributed by atoms with van der Waals surface area (Å²) in [5.41, 5.74) is 0.816. The molecule has 0 aliphatic heterocycles. The van der Waals surface area contributed by atoms with E-state index in [0.29, 0.717) is 6.29 Å². The third kappa shape index (κ3) is 7.29. The number of nitrogens with zero attached hydrogens (tertiary/aromatic N) is 1. The molecule has 7 nitrogen and oxygen atoms in total. The van der Waals surface area contributed by atoms with Crippen molar-refractivity contribution in [2.75, 3.05) is 13.7 Å². The third-order valence-corrected chi connectivity index (χ3v) is 5.96. The summed E-state index contributed by atoms with van der Waals surface area (Å²) < 4.78 is 30.3. The van der Waals surface area contributed by atoms with Gasteiger partial charge in [0.05, 0.1) is 19.8 Å². The molecule has 0 saturated carbocycles. The second kappa shape index (κ2) is 12.2. The first-order valence-electron chi connectivity index (χ1n) is 11.3. The van der Waals surface area contributed by atoms with Gasteiger partial charge in [0.15, 0.2) is 5.75 Å². The predicted octanol–water partition coefficient (Wildman–Crippen LogP) is 4.53. The Morgan fingerprint density at radius 1 is 1.29 bits per heavy atom. The lowest BCUT2D eigenvalue weighted by molar-refractivity contribution is -0.132. The number of rotatable bonds is 11. The Bertz CT molecular complexity index is 1080. The van der Waals surface area contributed by atoms with Crippen LogP contribution in [-0.2, 0) is 14.3 Å². The molecule has 0 aliphatic rings. The van der Waals surface area contributed by atoms with Gasteiger partial charge in [-0.1, -0.05) is 32.1 Å². The van der Waals surface area contributed by atoms with Crippen LogP contribution in [0.15, 0.2) is 30.5 Å². The molecule has 1 aromatic heterocycles. The molecule has 0 fully saturated rings. The Kier molecular flexibility index (Phi) is 9.85. The van der Waals surface area contributed by atoms with E-state index in [-0.39, 0.29) is 52.5 Å². The van der Waals surface area contributed by atoms with Gasteiger partial charge >= 0.3 is 5.97 Å². The SMILES string of the molecule is COc1ccnc(C(=S)N[C@](C)(C=O)CO[C@@H](C)[C@H](c2ccc(F)cc2C)C(C)C)c1OC(C)=O. The average Bonchev–Trinajstić information content (AvgIpc) is 2.78. The molecule has 1 N–H and O–H groups in total. The van der Waals surface area contributed by atoms with Gasteiger partial charge in [0, 0.05) is 25.1 Å². The van der Waals surface area contributed by atoms with Crippen LogP contribution in [-0.4, -0.2) is 47.6 Å². The molecule has 9 heteroatoms. The van der Waals surface area contributed by atoms with Crippen molar-refractivity contribution in [2.24, 2.45) is 5.92 Å². The van der Waals surface area contributed by atoms with Crippen LogP contribution in [0.3, 0.4) is 0 Å². The first-order valence-corrected chi connectivity index (χ1v) is 11.7. The number of aryl methyl sites for hydroxylation is 1. The van der Waals surface area contributed by atoms with Crippen molar-refractivity contribution in [1.82, 2.24) is 10.3 Å². The lowest BCUT2D eigenvalue weighted by Crippen LogP contribution is -2.51. The smallest absolute Gasteiger partial charge is 0.308 e. The summed E-state index contributed by atoms with van der Waals surface area (Å²) >= 11 is 5.49. The quantitative estimate of drug-likeness (QED) is 0.271. The minimum atomic E-state index is -1.19. The summed E-state index contributed by atoms with van der Waals surface area (Å²) in [5.74, 6) is -0.318. The highest BCUT2D eigenvalue weighted by Crippen LogP contribution is 2.33. The maximum atomic E-state index is 13.6. The fraction of sp³-hybridized carbons (Fsp3) is 0.462. The number of carbonyl (C=O) groups is 2. The topological polar surface area (TPSA) is 86.8 Å². The van der Waals surface area contributed by atoms with Crippen LogP contribution in [0, 0.1) is 18.7 Å². The molecule has 0 saturated heterocycles. The van der Waals surface area contributed by atoms with Crippen LogP contribution >= 0.6 is 12.2 Å². The number of thiocarbonyl (C=S) groups is 1. The second-order valence-corrected chi connectivity index (χ2v) is 9.47. The first kappa shape index (κ1) is 28.3. The lowest BCUT2D eigenvalue weighted by atomic mass is 9.82. The van der Waals surface area contributed by atoms with E-state index in [2.05, 4.69) is 24.1 Å². The minimum Gasteiger partial charge on any atom is -0.493 e. The Balaban J connectivity index is 2.22. The van der Waals surface area contributed by atoms with E-state index < -0.39 is 11.5 Å². The Morgan fingerprint density at radius 2 is 1.97 bits per heavy atom. The Morgan fingerprint density at radius 3 is 2.51 bits per heavy atom. The number of halogens is 1. The molecule has 0 unspecified atom stereocenters. The van der Waals surface area contributed by atoms with Crippen molar-refractivity contribution in [2.45, 2.75) is 59.1 Å². The highest BCUT2D eigenvalue weighted by atomic mass is 32.1. The van der Waals surface area contributed by atoms with Gasteiger partial charge < -0.3 is 24.3 Å². The van der Waals surface area contributed by atoms with Crippen molar-refractivity contribution < 1.29 is 28.2 Å². The molecule has 1 aromatic carbocycles. The van der Waals surface area contributed by atoms with Gasteiger partial charge in [0.25, 0.3) is 0 Å². The highest BCUT2D eigenvalue weighted by molar-refractivity contribution is 7.80. The molecule has 0 bridgehead atoms. The van der Waals surface area contributed by atoms with Crippen LogP contribution in [0.5, 0.6) is 11.5 Å². The van der Waals surface area contributed by atoms with Crippen LogP contribution in [0.4, 0.5) is 4.39 Å². The van der Waals surface area contributed by atoms with E-state index in [1.165, 1.54) is 38.4 Å². The molecule has 35 heavy (non-hydrogen) atoms. The van der Waals surface area contributed by atoms with Crippen molar-refractivity contribution in [3.8, 4) is 11.5 Å². The number of hydrogen-bond acceptors (Lipinski definition) is 7. The fourth-order valence-corrected chi connectivity index (χ4v) is 4.37. The predicted molar refractivity (Wildman–Crippen MR) is 136 cm³/mol. The van der Waals surface area contributed by atoms with Gasteiger partial charge in [0.1, 0.15) is 28.3 Å². The van der Waals surface area contributed by atoms with Gasteiger partial charge in [-0.15, -0.1) is 0 Å². The number of esters is 1. The maximum Gasteiger partial charge on any atom is 0.308 e. The molecule has 2 rings (SSSR count). The zero-order valence-electron chi connectivity index (χ0n) is 21.2. The number of aldehydes is 1. The van der Waals surface area contributed by atoms with E-state index in [1.54, 1.807) is 13.0 Å². The maximum absolute atomic E-state index is 13.6. The van der Waals surface area contributed by atoms with Gasteiger partial charge in [-0.05, 0) is 49.9 Å². The normalized spacial score (nSPS) is 14.5. The summed E-state index contributed by atoms with van der Waals surface area (Å²) in [4.78, 5) is 28.0. The van der Waals surface area contributed by atoms with Crippen molar-refractivity contribution >= 4 is 29.5 Å². The van der Waals surface area contributed by atoms with Gasteiger partial charge in [0.2, 0.25) is 5.75 Å².